The van der Waals surface area contributed by atoms with Gasteiger partial charge in [-0.2, -0.15) is 0 Å². The average Bonchev–Trinajstić information content (AvgIpc) is 2.19. The topological polar surface area (TPSA) is 198 Å². The molecule has 16 heavy (non-hydrogen) atoms. The van der Waals surface area contributed by atoms with Gasteiger partial charge in [-0.15, -0.1) is 0 Å². The van der Waals surface area contributed by atoms with Crippen molar-refractivity contribution in [2.45, 2.75) is 0 Å². The van der Waals surface area contributed by atoms with Gasteiger partial charge in [0, 0.05) is 19.6 Å². The van der Waals surface area contributed by atoms with Gasteiger partial charge < -0.3 is 46.9 Å². The summed E-state index contributed by atoms with van der Waals surface area (Å²) in [7, 11) is 0. The average molecular weight is 361 g/mol. The second-order valence-corrected chi connectivity index (χ2v) is 1.73. The number of carboxylic acids is 3. The van der Waals surface area contributed by atoms with E-state index in [1.54, 1.807) is 0 Å². The number of aliphatic carboxylic acids is 3. The van der Waals surface area contributed by atoms with E-state index in [-0.39, 0.29) is 55.2 Å². The smallest absolute Gasteiger partial charge is 0.549 e. The summed E-state index contributed by atoms with van der Waals surface area (Å²) in [5, 5.41) is 27.4. The van der Waals surface area contributed by atoms with Gasteiger partial charge in [-0.25, -0.2) is 0 Å². The largest absolute Gasteiger partial charge is 3.00 e. The van der Waals surface area contributed by atoms with E-state index in [1.807, 2.05) is 0 Å². The summed E-state index contributed by atoms with van der Waals surface area (Å²) in [5.41, 5.74) is 13.5. The number of rotatable bonds is 3. The molecular weight excluding hydrogens is 349 g/mol. The molecule has 10 heteroatoms. The fourth-order valence-electron chi connectivity index (χ4n) is 0. The standard InChI is InChI=1S/3C2H5NO2.La/c3*3-1-2(4)5;/h3*1,3H2,(H,4,5);/q;;;+3/p-3. The van der Waals surface area contributed by atoms with E-state index in [4.69, 9.17) is 29.7 Å². The maximum atomic E-state index is 9.13. The van der Waals surface area contributed by atoms with E-state index in [9.17, 15) is 0 Å². The molecule has 0 unspecified atom stereocenters. The van der Waals surface area contributed by atoms with Crippen LogP contribution in [0.15, 0.2) is 0 Å². The van der Waals surface area contributed by atoms with E-state index >= 15 is 0 Å². The molecule has 0 bridgehead atoms. The zero-order valence-corrected chi connectivity index (χ0v) is 12.0. The maximum Gasteiger partial charge on any atom is 3.00 e. The second-order valence-electron chi connectivity index (χ2n) is 1.73. The third kappa shape index (κ3) is 69.9. The van der Waals surface area contributed by atoms with Crippen molar-refractivity contribution >= 4 is 17.9 Å². The monoisotopic (exact) mass is 361 g/mol. The molecule has 0 amide bonds. The molecule has 0 spiro atoms. The molecule has 0 aliphatic rings. The van der Waals surface area contributed by atoms with Crippen LogP contribution in [0.2, 0.25) is 0 Å². The van der Waals surface area contributed by atoms with Gasteiger partial charge in [0.2, 0.25) is 0 Å². The van der Waals surface area contributed by atoms with Crippen LogP contribution >= 0.6 is 0 Å². The molecule has 0 saturated carbocycles. The van der Waals surface area contributed by atoms with Crippen molar-refractivity contribution in [3.8, 4) is 0 Å². The van der Waals surface area contributed by atoms with Gasteiger partial charge in [-0.05, 0) is 0 Å². The van der Waals surface area contributed by atoms with Gasteiger partial charge in [-0.3, -0.25) is 0 Å². The predicted molar refractivity (Wildman–Crippen MR) is 42.2 cm³/mol. The van der Waals surface area contributed by atoms with E-state index in [0.717, 1.165) is 0 Å². The van der Waals surface area contributed by atoms with Crippen molar-refractivity contribution in [2.24, 2.45) is 17.2 Å². The van der Waals surface area contributed by atoms with Crippen molar-refractivity contribution in [3.05, 3.63) is 0 Å². The molecule has 0 aromatic heterocycles. The summed E-state index contributed by atoms with van der Waals surface area (Å²) in [4.78, 5) is 27.4. The zero-order chi connectivity index (χ0) is 12.9. The maximum absolute atomic E-state index is 9.13. The first-order valence-electron chi connectivity index (χ1n) is 3.51. The minimum Gasteiger partial charge on any atom is -0.549 e. The van der Waals surface area contributed by atoms with Gasteiger partial charge in [0.1, 0.15) is 0 Å². The Morgan fingerprint density at radius 1 is 0.688 bits per heavy atom. The molecule has 0 fully saturated rings. The molecule has 0 aromatic carbocycles. The molecule has 0 radical (unpaired) electrons. The number of hydrogen-bond donors (Lipinski definition) is 3. The van der Waals surface area contributed by atoms with Crippen molar-refractivity contribution in [3.63, 3.8) is 0 Å². The van der Waals surface area contributed by atoms with Crippen LogP contribution < -0.4 is 32.5 Å². The van der Waals surface area contributed by atoms with E-state index < -0.39 is 17.9 Å². The molecule has 0 aromatic rings. The SMILES string of the molecule is NCC(=O)[O-].NCC(=O)[O-].NCC(=O)[O-].[La+3]. The number of carbonyl (C=O) groups is 3. The van der Waals surface area contributed by atoms with Gasteiger partial charge in [0.05, 0.1) is 17.9 Å². The first-order chi connectivity index (χ1) is 6.81. The normalized spacial score (nSPS) is 6.94. The molecule has 0 heterocycles. The van der Waals surface area contributed by atoms with Gasteiger partial charge >= 0.3 is 35.6 Å². The Morgan fingerprint density at radius 3 is 0.750 bits per heavy atom. The number of carboxylic acid groups (broad SMARTS) is 3. The van der Waals surface area contributed by atoms with Crippen LogP contribution in [0.1, 0.15) is 0 Å². The number of carbonyl (C=O) groups excluding carboxylic acids is 3. The molecule has 90 valence electrons. The van der Waals surface area contributed by atoms with Crippen LogP contribution in [-0.2, 0) is 14.4 Å². The van der Waals surface area contributed by atoms with Gasteiger partial charge in [0.15, 0.2) is 0 Å². The van der Waals surface area contributed by atoms with Crippen LogP contribution in [0.3, 0.4) is 0 Å². The molecule has 0 atom stereocenters. The summed E-state index contributed by atoms with van der Waals surface area (Å²) in [6, 6.07) is 0. The molecule has 0 rings (SSSR count). The molecular formula is C6H12LaN3O6. The third-order valence-corrected chi connectivity index (χ3v) is 0.500. The third-order valence-electron chi connectivity index (χ3n) is 0.500. The summed E-state index contributed by atoms with van der Waals surface area (Å²) < 4.78 is 0. The van der Waals surface area contributed by atoms with Crippen molar-refractivity contribution < 1.29 is 65.3 Å². The predicted octanol–water partition coefficient (Wildman–Crippen LogP) is -6.92. The van der Waals surface area contributed by atoms with Crippen LogP contribution in [0.25, 0.3) is 0 Å². The van der Waals surface area contributed by atoms with E-state index in [0.29, 0.717) is 0 Å². The Kier molecular flexibility index (Phi) is 30.7. The van der Waals surface area contributed by atoms with Gasteiger partial charge in [-0.1, -0.05) is 0 Å². The molecule has 0 aliphatic heterocycles. The summed E-state index contributed by atoms with van der Waals surface area (Å²) in [6.45, 7) is -1.17. The minimum atomic E-state index is -1.22. The molecule has 6 N–H and O–H groups in total. The van der Waals surface area contributed by atoms with Crippen molar-refractivity contribution in [1.29, 1.82) is 0 Å². The quantitative estimate of drug-likeness (QED) is 0.437. The number of hydrogen-bond acceptors (Lipinski definition) is 9. The van der Waals surface area contributed by atoms with Crippen LogP contribution in [-0.4, -0.2) is 37.5 Å². The molecule has 0 aliphatic carbocycles. The first kappa shape index (κ1) is 24.6. The molecule has 0 saturated heterocycles. The number of nitrogens with two attached hydrogens (primary N) is 3. The van der Waals surface area contributed by atoms with E-state index in [1.165, 1.54) is 0 Å². The molecule has 9 nitrogen and oxygen atoms in total. The Labute approximate surface area is 120 Å². The van der Waals surface area contributed by atoms with E-state index in [2.05, 4.69) is 17.2 Å². The van der Waals surface area contributed by atoms with Crippen LogP contribution in [0.5, 0.6) is 0 Å². The van der Waals surface area contributed by atoms with Gasteiger partial charge in [0.25, 0.3) is 0 Å². The zero-order valence-electron chi connectivity index (χ0n) is 8.38. The first-order valence-corrected chi connectivity index (χ1v) is 3.51. The van der Waals surface area contributed by atoms with Crippen molar-refractivity contribution in [1.82, 2.24) is 0 Å². The fourth-order valence-corrected chi connectivity index (χ4v) is 0. The summed E-state index contributed by atoms with van der Waals surface area (Å²) in [6.07, 6.45) is 0. The summed E-state index contributed by atoms with van der Waals surface area (Å²) in [5.74, 6) is -3.65. The fraction of sp³-hybridized carbons (Fsp3) is 0.500. The minimum absolute atomic E-state index is 0. The van der Waals surface area contributed by atoms with Crippen LogP contribution in [0.4, 0.5) is 0 Å². The summed E-state index contributed by atoms with van der Waals surface area (Å²) >= 11 is 0. The Morgan fingerprint density at radius 2 is 0.750 bits per heavy atom. The Hall–Kier alpha value is -0.515. The Bertz CT molecular complexity index is 167. The van der Waals surface area contributed by atoms with Crippen LogP contribution in [0, 0.1) is 35.6 Å². The Balaban J connectivity index is -0.0000000655. The van der Waals surface area contributed by atoms with Crippen molar-refractivity contribution in [2.75, 3.05) is 19.6 Å². The second kappa shape index (κ2) is 20.0.